The topological polar surface area (TPSA) is 93.5 Å². The van der Waals surface area contributed by atoms with Crippen LogP contribution in [-0.4, -0.2) is 45.2 Å². The van der Waals surface area contributed by atoms with Crippen molar-refractivity contribution in [1.82, 2.24) is 10.6 Å². The molecule has 2 amide bonds. The lowest BCUT2D eigenvalue weighted by Crippen LogP contribution is -2.39. The minimum Gasteiger partial charge on any atom is -0.385 e. The molecule has 0 aliphatic rings. The molecule has 94 valence electrons. The van der Waals surface area contributed by atoms with Crippen LogP contribution in [0.25, 0.3) is 0 Å². The molecule has 0 saturated carbocycles. The van der Waals surface area contributed by atoms with Crippen LogP contribution in [0.4, 0.5) is 0 Å². The largest absolute Gasteiger partial charge is 0.385 e. The Bertz CT molecular complexity index is 209. The van der Waals surface area contributed by atoms with Gasteiger partial charge in [0.2, 0.25) is 11.8 Å². The summed E-state index contributed by atoms with van der Waals surface area (Å²) in [5.74, 6) is -0.510. The zero-order valence-electron chi connectivity index (χ0n) is 9.75. The summed E-state index contributed by atoms with van der Waals surface area (Å²) in [5, 5.41) is 5.10. The van der Waals surface area contributed by atoms with Crippen LogP contribution >= 0.6 is 0 Å². The lowest BCUT2D eigenvalue weighted by Gasteiger charge is -2.05. The van der Waals surface area contributed by atoms with Gasteiger partial charge in [-0.05, 0) is 19.3 Å². The summed E-state index contributed by atoms with van der Waals surface area (Å²) in [5.41, 5.74) is 5.07. The number of unbranched alkanes of at least 4 members (excludes halogenated alkanes) is 2. The van der Waals surface area contributed by atoms with E-state index in [4.69, 9.17) is 10.5 Å². The zero-order chi connectivity index (χ0) is 12.2. The number of nitrogens with two attached hydrogens (primary N) is 1. The maximum Gasteiger partial charge on any atom is 0.239 e. The molecule has 0 rings (SSSR count). The molecule has 6 heteroatoms. The highest BCUT2D eigenvalue weighted by molar-refractivity contribution is 5.85. The van der Waals surface area contributed by atoms with Crippen molar-refractivity contribution in [3.8, 4) is 0 Å². The number of hydrogen-bond donors (Lipinski definition) is 3. The average Bonchev–Trinajstić information content (AvgIpc) is 2.30. The number of methoxy groups -OCH3 is 1. The van der Waals surface area contributed by atoms with Crippen molar-refractivity contribution < 1.29 is 14.3 Å². The second-order valence-electron chi connectivity index (χ2n) is 3.38. The van der Waals surface area contributed by atoms with Gasteiger partial charge in [0.1, 0.15) is 0 Å². The van der Waals surface area contributed by atoms with E-state index in [9.17, 15) is 9.59 Å². The fraction of sp³-hybridized carbons (Fsp3) is 0.800. The Kier molecular flexibility index (Phi) is 9.64. The van der Waals surface area contributed by atoms with Crippen molar-refractivity contribution >= 4 is 11.8 Å². The van der Waals surface area contributed by atoms with Crippen LogP contribution in [0.1, 0.15) is 19.3 Å². The molecule has 0 spiro atoms. The summed E-state index contributed by atoms with van der Waals surface area (Å²) < 4.78 is 4.90. The Hall–Kier alpha value is -1.14. The molecular formula is C10H21N3O3. The van der Waals surface area contributed by atoms with E-state index in [0.717, 1.165) is 25.9 Å². The quantitative estimate of drug-likeness (QED) is 0.443. The highest BCUT2D eigenvalue weighted by Gasteiger charge is 2.02. The third kappa shape index (κ3) is 9.42. The number of nitrogens with one attached hydrogen (secondary N) is 2. The molecule has 0 radical (unpaired) electrons. The van der Waals surface area contributed by atoms with Gasteiger partial charge in [0.25, 0.3) is 0 Å². The van der Waals surface area contributed by atoms with Crippen LogP contribution < -0.4 is 16.4 Å². The molecule has 0 fully saturated rings. The Morgan fingerprint density at radius 3 is 2.50 bits per heavy atom. The Labute approximate surface area is 95.9 Å². The summed E-state index contributed by atoms with van der Waals surface area (Å²) in [6.07, 6.45) is 2.93. The predicted molar refractivity (Wildman–Crippen MR) is 60.8 cm³/mol. The number of carbonyl (C=O) groups excluding carboxylic acids is 2. The fourth-order valence-electron chi connectivity index (χ4n) is 1.09. The maximum absolute atomic E-state index is 11.2. The first kappa shape index (κ1) is 14.9. The molecule has 0 aromatic heterocycles. The van der Waals surface area contributed by atoms with Crippen LogP contribution in [0, 0.1) is 0 Å². The van der Waals surface area contributed by atoms with E-state index in [2.05, 4.69) is 10.6 Å². The number of ether oxygens (including phenoxy) is 1. The van der Waals surface area contributed by atoms with E-state index in [1.54, 1.807) is 7.11 Å². The standard InChI is InChI=1S/C10H21N3O3/c1-16-6-4-2-3-5-12-10(15)8-13-9(14)7-11/h2-8,11H2,1H3,(H,12,15)(H,13,14). The van der Waals surface area contributed by atoms with Gasteiger partial charge in [-0.1, -0.05) is 0 Å². The van der Waals surface area contributed by atoms with Crippen LogP contribution in [0.15, 0.2) is 0 Å². The van der Waals surface area contributed by atoms with Crippen molar-refractivity contribution in [1.29, 1.82) is 0 Å². The SMILES string of the molecule is COCCCCCNC(=O)CNC(=O)CN. The predicted octanol–water partition coefficient (Wildman–Crippen LogP) is -1.01. The van der Waals surface area contributed by atoms with Gasteiger partial charge in [0, 0.05) is 20.3 Å². The molecule has 0 heterocycles. The van der Waals surface area contributed by atoms with Gasteiger partial charge < -0.3 is 21.1 Å². The van der Waals surface area contributed by atoms with Crippen LogP contribution in [0.5, 0.6) is 0 Å². The van der Waals surface area contributed by atoms with E-state index in [-0.39, 0.29) is 24.9 Å². The summed E-state index contributed by atoms with van der Waals surface area (Å²) in [4.78, 5) is 21.9. The first-order chi connectivity index (χ1) is 7.70. The first-order valence-electron chi connectivity index (χ1n) is 5.43. The number of hydrogen-bond acceptors (Lipinski definition) is 4. The number of carbonyl (C=O) groups is 2. The number of rotatable bonds is 9. The van der Waals surface area contributed by atoms with E-state index in [0.29, 0.717) is 6.54 Å². The molecule has 16 heavy (non-hydrogen) atoms. The van der Waals surface area contributed by atoms with Crippen molar-refractivity contribution in [3.63, 3.8) is 0 Å². The highest BCUT2D eigenvalue weighted by atomic mass is 16.5. The molecule has 4 N–H and O–H groups in total. The van der Waals surface area contributed by atoms with E-state index in [1.807, 2.05) is 0 Å². The third-order valence-corrected chi connectivity index (χ3v) is 1.98. The monoisotopic (exact) mass is 231 g/mol. The van der Waals surface area contributed by atoms with Crippen LogP contribution in [0.3, 0.4) is 0 Å². The first-order valence-corrected chi connectivity index (χ1v) is 5.43. The van der Waals surface area contributed by atoms with Gasteiger partial charge in [0.15, 0.2) is 0 Å². The Morgan fingerprint density at radius 2 is 1.88 bits per heavy atom. The molecule has 0 bridgehead atoms. The van der Waals surface area contributed by atoms with Gasteiger partial charge in [-0.3, -0.25) is 9.59 Å². The lowest BCUT2D eigenvalue weighted by molar-refractivity contribution is -0.125. The summed E-state index contributed by atoms with van der Waals surface area (Å²) in [7, 11) is 1.67. The second-order valence-corrected chi connectivity index (χ2v) is 3.38. The van der Waals surface area contributed by atoms with Crippen LogP contribution in [0.2, 0.25) is 0 Å². The van der Waals surface area contributed by atoms with E-state index in [1.165, 1.54) is 0 Å². The van der Waals surface area contributed by atoms with E-state index >= 15 is 0 Å². The Balaban J connectivity index is 3.27. The van der Waals surface area contributed by atoms with E-state index < -0.39 is 0 Å². The molecule has 0 aromatic rings. The lowest BCUT2D eigenvalue weighted by atomic mass is 10.2. The summed E-state index contributed by atoms with van der Waals surface area (Å²) in [6.45, 7) is 1.28. The van der Waals surface area contributed by atoms with Gasteiger partial charge in [0.05, 0.1) is 13.1 Å². The third-order valence-electron chi connectivity index (χ3n) is 1.98. The molecule has 0 atom stereocenters. The van der Waals surface area contributed by atoms with Gasteiger partial charge >= 0.3 is 0 Å². The molecule has 0 aliphatic heterocycles. The smallest absolute Gasteiger partial charge is 0.239 e. The van der Waals surface area contributed by atoms with Crippen LogP contribution in [-0.2, 0) is 14.3 Å². The molecule has 6 nitrogen and oxygen atoms in total. The molecule has 0 saturated heterocycles. The van der Waals surface area contributed by atoms with Gasteiger partial charge in [-0.2, -0.15) is 0 Å². The summed E-state index contributed by atoms with van der Waals surface area (Å²) in [6, 6.07) is 0. The van der Waals surface area contributed by atoms with Crippen molar-refractivity contribution in [2.75, 3.05) is 33.4 Å². The fourth-order valence-corrected chi connectivity index (χ4v) is 1.09. The minimum absolute atomic E-state index is 0.00585. The maximum atomic E-state index is 11.2. The molecule has 0 unspecified atom stereocenters. The van der Waals surface area contributed by atoms with Crippen molar-refractivity contribution in [2.24, 2.45) is 5.73 Å². The minimum atomic E-state index is -0.324. The average molecular weight is 231 g/mol. The molecule has 0 aliphatic carbocycles. The van der Waals surface area contributed by atoms with Gasteiger partial charge in [-0.25, -0.2) is 0 Å². The molecular weight excluding hydrogens is 210 g/mol. The zero-order valence-corrected chi connectivity index (χ0v) is 9.75. The van der Waals surface area contributed by atoms with Gasteiger partial charge in [-0.15, -0.1) is 0 Å². The second kappa shape index (κ2) is 10.4. The summed E-state index contributed by atoms with van der Waals surface area (Å²) >= 11 is 0. The molecule has 0 aromatic carbocycles. The normalized spacial score (nSPS) is 9.88. The van der Waals surface area contributed by atoms with Crippen molar-refractivity contribution in [2.45, 2.75) is 19.3 Å². The number of amides is 2. The Morgan fingerprint density at radius 1 is 1.12 bits per heavy atom. The highest BCUT2D eigenvalue weighted by Crippen LogP contribution is 1.93. The van der Waals surface area contributed by atoms with Crippen molar-refractivity contribution in [3.05, 3.63) is 0 Å².